The average molecular weight is 544 g/mol. The highest BCUT2D eigenvalue weighted by Gasteiger charge is 2.43. The van der Waals surface area contributed by atoms with E-state index in [1.807, 2.05) is 16.7 Å². The second kappa shape index (κ2) is 10.4. The third-order valence-corrected chi connectivity index (χ3v) is 8.08. The molecule has 34 heavy (non-hydrogen) atoms. The van der Waals surface area contributed by atoms with Crippen molar-refractivity contribution in [1.82, 2.24) is 9.55 Å². The summed E-state index contributed by atoms with van der Waals surface area (Å²) in [6.07, 6.45) is 6.19. The van der Waals surface area contributed by atoms with Crippen molar-refractivity contribution in [1.29, 1.82) is 0 Å². The number of benzene rings is 2. The van der Waals surface area contributed by atoms with E-state index in [2.05, 4.69) is 11.9 Å². The van der Waals surface area contributed by atoms with Crippen LogP contribution in [0, 0.1) is 5.82 Å². The molecule has 2 heterocycles. The number of thioether (sulfide) groups is 1. The molecule has 0 spiro atoms. The second-order valence-corrected chi connectivity index (χ2v) is 10.3. The van der Waals surface area contributed by atoms with Crippen molar-refractivity contribution < 1.29 is 13.2 Å². The van der Waals surface area contributed by atoms with Gasteiger partial charge in [0.1, 0.15) is 18.3 Å². The molecule has 0 saturated heterocycles. The molecular weight excluding hydrogens is 524 g/mol. The third-order valence-electron chi connectivity index (χ3n) is 5.99. The van der Waals surface area contributed by atoms with Gasteiger partial charge in [0.05, 0.1) is 22.3 Å². The first-order chi connectivity index (χ1) is 16.2. The molecule has 0 aliphatic carbocycles. The summed E-state index contributed by atoms with van der Waals surface area (Å²) in [7, 11) is 0. The molecule has 1 aliphatic heterocycles. The van der Waals surface area contributed by atoms with E-state index < -0.39 is 17.9 Å². The van der Waals surface area contributed by atoms with Crippen LogP contribution in [0.5, 0.6) is 0 Å². The van der Waals surface area contributed by atoms with Gasteiger partial charge in [0, 0.05) is 27.4 Å². The predicted molar refractivity (Wildman–Crippen MR) is 134 cm³/mol. The SMILES string of the molecule is CC1(c2ccc(Cl)c(Cl)c2)CC(C=CC(F)=CCF)n2c1cnc2SCc1c(F)cccc1Cl. The van der Waals surface area contributed by atoms with Crippen LogP contribution in [-0.4, -0.2) is 16.2 Å². The predicted octanol–water partition coefficient (Wildman–Crippen LogP) is 8.90. The van der Waals surface area contributed by atoms with Crippen LogP contribution in [0.2, 0.25) is 15.1 Å². The van der Waals surface area contributed by atoms with E-state index in [4.69, 9.17) is 34.8 Å². The number of halogens is 6. The van der Waals surface area contributed by atoms with Gasteiger partial charge in [-0.2, -0.15) is 0 Å². The standard InChI is InChI=1S/C25H20Cl3F3N2S/c1-25(15-5-8-20(27)21(28)11-15)12-17(7-6-16(30)9-10-29)33-23(25)13-32-24(33)34-14-18-19(26)3-2-4-22(18)31/h2-9,11,13,17H,10,12,14H2,1H3. The van der Waals surface area contributed by atoms with Crippen molar-refractivity contribution in [3.05, 3.63) is 104 Å². The number of rotatable bonds is 7. The van der Waals surface area contributed by atoms with Crippen molar-refractivity contribution in [3.63, 3.8) is 0 Å². The summed E-state index contributed by atoms with van der Waals surface area (Å²) in [5.41, 5.74) is 1.73. The highest BCUT2D eigenvalue weighted by atomic mass is 35.5. The molecule has 1 aliphatic rings. The summed E-state index contributed by atoms with van der Waals surface area (Å²) in [6, 6.07) is 9.77. The van der Waals surface area contributed by atoms with Crippen molar-refractivity contribution in [2.45, 2.75) is 35.7 Å². The van der Waals surface area contributed by atoms with Gasteiger partial charge in [0.15, 0.2) is 5.16 Å². The quantitative estimate of drug-likeness (QED) is 0.219. The Balaban J connectivity index is 1.73. The average Bonchev–Trinajstić information content (AvgIpc) is 3.34. The second-order valence-electron chi connectivity index (χ2n) is 8.12. The van der Waals surface area contributed by atoms with Crippen molar-refractivity contribution >= 4 is 46.6 Å². The lowest BCUT2D eigenvalue weighted by molar-refractivity contribution is 0.510. The fourth-order valence-electron chi connectivity index (χ4n) is 4.20. The Hall–Kier alpha value is -1.86. The Bertz CT molecular complexity index is 1250. The molecule has 4 rings (SSSR count). The van der Waals surface area contributed by atoms with Crippen LogP contribution in [0.1, 0.15) is 36.2 Å². The maximum atomic E-state index is 14.3. The minimum absolute atomic E-state index is 0.269. The van der Waals surface area contributed by atoms with Gasteiger partial charge >= 0.3 is 0 Å². The van der Waals surface area contributed by atoms with Gasteiger partial charge in [-0.05, 0) is 55.3 Å². The minimum Gasteiger partial charge on any atom is -0.315 e. The summed E-state index contributed by atoms with van der Waals surface area (Å²) in [4.78, 5) is 4.59. The monoisotopic (exact) mass is 542 g/mol. The van der Waals surface area contributed by atoms with E-state index in [9.17, 15) is 13.2 Å². The number of hydrogen-bond donors (Lipinski definition) is 0. The number of imidazole rings is 1. The van der Waals surface area contributed by atoms with Gasteiger partial charge in [-0.25, -0.2) is 18.2 Å². The fourth-order valence-corrected chi connectivity index (χ4v) is 5.88. The van der Waals surface area contributed by atoms with Crippen LogP contribution in [0.15, 0.2) is 71.8 Å². The normalized spacial score (nSPS) is 20.3. The Morgan fingerprint density at radius 3 is 2.71 bits per heavy atom. The maximum Gasteiger partial charge on any atom is 0.169 e. The molecule has 0 N–H and O–H groups in total. The maximum absolute atomic E-state index is 14.3. The van der Waals surface area contributed by atoms with Crippen LogP contribution in [0.4, 0.5) is 13.2 Å². The molecule has 0 saturated carbocycles. The summed E-state index contributed by atoms with van der Waals surface area (Å²) in [5.74, 6) is -0.763. The number of nitrogens with zero attached hydrogens (tertiary/aromatic N) is 2. The van der Waals surface area contributed by atoms with Crippen molar-refractivity contribution in [2.24, 2.45) is 0 Å². The van der Waals surface area contributed by atoms with Crippen LogP contribution in [0.25, 0.3) is 0 Å². The van der Waals surface area contributed by atoms with Gasteiger partial charge in [-0.15, -0.1) is 0 Å². The molecule has 178 valence electrons. The Labute approximate surface area is 215 Å². The first kappa shape index (κ1) is 25.2. The summed E-state index contributed by atoms with van der Waals surface area (Å²) in [5, 5.41) is 1.87. The van der Waals surface area contributed by atoms with Crippen molar-refractivity contribution in [2.75, 3.05) is 6.67 Å². The highest BCUT2D eigenvalue weighted by Crippen LogP contribution is 2.49. The number of alkyl halides is 1. The van der Waals surface area contributed by atoms with E-state index in [1.165, 1.54) is 23.9 Å². The number of aromatic nitrogens is 2. The van der Waals surface area contributed by atoms with Crippen LogP contribution in [-0.2, 0) is 11.2 Å². The molecule has 9 heteroatoms. The molecule has 0 amide bonds. The van der Waals surface area contributed by atoms with Gasteiger partial charge in [0.2, 0.25) is 0 Å². The molecule has 0 bridgehead atoms. The lowest BCUT2D eigenvalue weighted by atomic mass is 9.77. The zero-order valence-corrected chi connectivity index (χ0v) is 21.1. The lowest BCUT2D eigenvalue weighted by Crippen LogP contribution is -2.20. The van der Waals surface area contributed by atoms with Crippen LogP contribution >= 0.6 is 46.6 Å². The number of allylic oxidation sites excluding steroid dienone is 4. The molecule has 1 aromatic heterocycles. The molecule has 0 radical (unpaired) electrons. The molecular formula is C25H20Cl3F3N2S. The number of hydrogen-bond acceptors (Lipinski definition) is 2. The lowest BCUT2D eigenvalue weighted by Gasteiger charge is -2.24. The smallest absolute Gasteiger partial charge is 0.169 e. The fraction of sp³-hybridized carbons (Fsp3) is 0.240. The first-order valence-electron chi connectivity index (χ1n) is 10.4. The van der Waals surface area contributed by atoms with E-state index in [0.717, 1.165) is 17.3 Å². The first-order valence-corrected chi connectivity index (χ1v) is 12.6. The van der Waals surface area contributed by atoms with Crippen LogP contribution < -0.4 is 0 Å². The Morgan fingerprint density at radius 1 is 1.21 bits per heavy atom. The molecule has 2 nitrogen and oxygen atoms in total. The topological polar surface area (TPSA) is 17.8 Å². The third kappa shape index (κ3) is 4.92. The number of fused-ring (bicyclic) bond motifs is 1. The zero-order chi connectivity index (χ0) is 24.5. The summed E-state index contributed by atoms with van der Waals surface area (Å²) >= 11 is 19.9. The minimum atomic E-state index is -0.886. The Morgan fingerprint density at radius 2 is 2.00 bits per heavy atom. The highest BCUT2D eigenvalue weighted by molar-refractivity contribution is 7.98. The van der Waals surface area contributed by atoms with Gasteiger partial charge < -0.3 is 4.57 Å². The van der Waals surface area contributed by atoms with Gasteiger partial charge in [-0.1, -0.05) is 64.8 Å². The molecule has 2 atom stereocenters. The Kier molecular flexibility index (Phi) is 7.72. The summed E-state index contributed by atoms with van der Waals surface area (Å²) in [6.45, 7) is 1.17. The zero-order valence-electron chi connectivity index (χ0n) is 18.0. The largest absolute Gasteiger partial charge is 0.315 e. The van der Waals surface area contributed by atoms with Gasteiger partial charge in [-0.3, -0.25) is 0 Å². The van der Waals surface area contributed by atoms with E-state index in [0.29, 0.717) is 32.2 Å². The van der Waals surface area contributed by atoms with E-state index >= 15 is 0 Å². The van der Waals surface area contributed by atoms with E-state index in [1.54, 1.807) is 30.5 Å². The summed E-state index contributed by atoms with van der Waals surface area (Å²) < 4.78 is 42.7. The molecule has 2 aromatic carbocycles. The van der Waals surface area contributed by atoms with Crippen LogP contribution in [0.3, 0.4) is 0 Å². The van der Waals surface area contributed by atoms with E-state index in [-0.39, 0.29) is 17.6 Å². The van der Waals surface area contributed by atoms with Gasteiger partial charge in [0.25, 0.3) is 0 Å². The molecule has 3 aromatic rings. The molecule has 2 unspecified atom stereocenters. The molecule has 0 fully saturated rings. The van der Waals surface area contributed by atoms with Crippen molar-refractivity contribution in [3.8, 4) is 0 Å².